The molecule has 0 bridgehead atoms. The summed E-state index contributed by atoms with van der Waals surface area (Å²) in [6.45, 7) is 0.682. The maximum atomic E-state index is 5.46. The van der Waals surface area contributed by atoms with Crippen LogP contribution in [0.1, 0.15) is 11.6 Å². The lowest BCUT2D eigenvalue weighted by atomic mass is 10.4. The zero-order valence-corrected chi connectivity index (χ0v) is 9.84. The van der Waals surface area contributed by atoms with Crippen molar-refractivity contribution in [2.24, 2.45) is 5.73 Å². The predicted molar refractivity (Wildman–Crippen MR) is 62.3 cm³/mol. The second-order valence-electron chi connectivity index (χ2n) is 3.72. The Morgan fingerprint density at radius 3 is 3.05 bits per heavy atom. The summed E-state index contributed by atoms with van der Waals surface area (Å²) >= 11 is 0. The van der Waals surface area contributed by atoms with Crippen molar-refractivity contribution in [1.82, 2.24) is 35.1 Å². The van der Waals surface area contributed by atoms with E-state index in [0.29, 0.717) is 36.2 Å². The average Bonchev–Trinajstić information content (AvgIpc) is 3.09. The van der Waals surface area contributed by atoms with Crippen LogP contribution in [0, 0.1) is 0 Å². The Labute approximate surface area is 107 Å². The molecule has 0 spiro atoms. The molecular formula is C10H10N8O. The highest BCUT2D eigenvalue weighted by Crippen LogP contribution is 2.11. The molecule has 0 saturated carbocycles. The van der Waals surface area contributed by atoms with Crippen LogP contribution in [0.2, 0.25) is 0 Å². The van der Waals surface area contributed by atoms with Gasteiger partial charge in [0.1, 0.15) is 18.6 Å². The summed E-state index contributed by atoms with van der Waals surface area (Å²) in [5.74, 6) is 0.832. The van der Waals surface area contributed by atoms with E-state index in [2.05, 4.69) is 30.4 Å². The van der Waals surface area contributed by atoms with Gasteiger partial charge < -0.3 is 10.3 Å². The molecule has 0 aliphatic rings. The standard InChI is InChI=1S/C10H10N8O/c11-3-7-4-18(17-15-7)5-9-14-10(16-19-9)8-1-2-12-6-13-8/h1-2,4,6H,3,5,11H2. The molecule has 3 heterocycles. The third-order valence-electron chi connectivity index (χ3n) is 2.37. The molecule has 96 valence electrons. The lowest BCUT2D eigenvalue weighted by Gasteiger charge is -1.92. The van der Waals surface area contributed by atoms with E-state index in [9.17, 15) is 0 Å². The maximum Gasteiger partial charge on any atom is 0.248 e. The van der Waals surface area contributed by atoms with Gasteiger partial charge in [0.2, 0.25) is 11.7 Å². The van der Waals surface area contributed by atoms with Gasteiger partial charge in [-0.05, 0) is 6.07 Å². The third-order valence-corrected chi connectivity index (χ3v) is 2.37. The quantitative estimate of drug-likeness (QED) is 0.672. The van der Waals surface area contributed by atoms with E-state index in [1.165, 1.54) is 6.33 Å². The number of nitrogens with two attached hydrogens (primary N) is 1. The van der Waals surface area contributed by atoms with Crippen LogP contribution in [0.4, 0.5) is 0 Å². The van der Waals surface area contributed by atoms with Gasteiger partial charge in [0.15, 0.2) is 0 Å². The van der Waals surface area contributed by atoms with Crippen molar-refractivity contribution in [2.45, 2.75) is 13.1 Å². The first kappa shape index (κ1) is 11.4. The molecule has 0 amide bonds. The predicted octanol–water partition coefficient (Wildman–Crippen LogP) is -0.375. The molecule has 9 heteroatoms. The van der Waals surface area contributed by atoms with Crippen molar-refractivity contribution in [1.29, 1.82) is 0 Å². The highest BCUT2D eigenvalue weighted by molar-refractivity contribution is 5.46. The number of aromatic nitrogens is 7. The van der Waals surface area contributed by atoms with Crippen molar-refractivity contribution in [2.75, 3.05) is 0 Å². The van der Waals surface area contributed by atoms with Crippen LogP contribution in [0.25, 0.3) is 11.5 Å². The van der Waals surface area contributed by atoms with E-state index in [4.69, 9.17) is 10.3 Å². The highest BCUT2D eigenvalue weighted by atomic mass is 16.5. The van der Waals surface area contributed by atoms with Crippen molar-refractivity contribution in [3.05, 3.63) is 36.4 Å². The van der Waals surface area contributed by atoms with Gasteiger partial charge in [0.05, 0.1) is 11.9 Å². The minimum Gasteiger partial charge on any atom is -0.337 e. The summed E-state index contributed by atoms with van der Waals surface area (Å²) in [6, 6.07) is 1.70. The lowest BCUT2D eigenvalue weighted by molar-refractivity contribution is 0.364. The lowest BCUT2D eigenvalue weighted by Crippen LogP contribution is -2.01. The van der Waals surface area contributed by atoms with E-state index in [1.807, 2.05) is 0 Å². The van der Waals surface area contributed by atoms with Gasteiger partial charge in [-0.3, -0.25) is 0 Å². The van der Waals surface area contributed by atoms with Gasteiger partial charge in [-0.2, -0.15) is 4.98 Å². The van der Waals surface area contributed by atoms with E-state index < -0.39 is 0 Å². The zero-order valence-electron chi connectivity index (χ0n) is 9.84. The normalized spacial score (nSPS) is 10.8. The summed E-state index contributed by atoms with van der Waals surface area (Å²) in [7, 11) is 0. The molecule has 0 fully saturated rings. The molecule has 0 radical (unpaired) electrons. The van der Waals surface area contributed by atoms with Gasteiger partial charge in [-0.15, -0.1) is 5.10 Å². The first-order valence-corrected chi connectivity index (χ1v) is 5.53. The molecule has 3 aromatic heterocycles. The van der Waals surface area contributed by atoms with Crippen molar-refractivity contribution in [3.63, 3.8) is 0 Å². The highest BCUT2D eigenvalue weighted by Gasteiger charge is 2.10. The molecule has 0 saturated heterocycles. The summed E-state index contributed by atoms with van der Waals surface area (Å²) < 4.78 is 6.71. The topological polar surface area (TPSA) is 121 Å². The Hall–Kier alpha value is -2.68. The largest absolute Gasteiger partial charge is 0.337 e. The molecule has 0 aliphatic carbocycles. The van der Waals surface area contributed by atoms with Crippen LogP contribution in [-0.4, -0.2) is 35.1 Å². The number of hydrogen-bond acceptors (Lipinski definition) is 8. The SMILES string of the molecule is NCc1cn(Cc2nc(-c3ccncn3)no2)nn1. The molecule has 0 unspecified atom stereocenters. The van der Waals surface area contributed by atoms with Crippen molar-refractivity contribution >= 4 is 0 Å². The van der Waals surface area contributed by atoms with Gasteiger partial charge >= 0.3 is 0 Å². The van der Waals surface area contributed by atoms with Crippen LogP contribution >= 0.6 is 0 Å². The number of hydrogen-bond donors (Lipinski definition) is 1. The molecule has 9 nitrogen and oxygen atoms in total. The molecule has 0 aromatic carbocycles. The van der Waals surface area contributed by atoms with Gasteiger partial charge in [-0.1, -0.05) is 10.4 Å². The first-order chi connectivity index (χ1) is 9.35. The summed E-state index contributed by atoms with van der Waals surface area (Å²) in [4.78, 5) is 12.1. The Balaban J connectivity index is 1.78. The van der Waals surface area contributed by atoms with E-state index in [0.717, 1.165) is 0 Å². The molecule has 0 atom stereocenters. The van der Waals surface area contributed by atoms with E-state index in [1.54, 1.807) is 23.1 Å². The third kappa shape index (κ3) is 2.45. The molecule has 0 aliphatic heterocycles. The fourth-order valence-corrected chi connectivity index (χ4v) is 1.49. The summed E-state index contributed by atoms with van der Waals surface area (Å²) in [5.41, 5.74) is 6.76. The van der Waals surface area contributed by atoms with Gasteiger partial charge in [0.25, 0.3) is 0 Å². The second-order valence-corrected chi connectivity index (χ2v) is 3.72. The minimum absolute atomic E-state index is 0.338. The van der Waals surface area contributed by atoms with Crippen LogP contribution in [-0.2, 0) is 13.1 Å². The van der Waals surface area contributed by atoms with Gasteiger partial charge in [0, 0.05) is 12.7 Å². The van der Waals surface area contributed by atoms with Crippen LogP contribution in [0.5, 0.6) is 0 Å². The Morgan fingerprint density at radius 1 is 1.37 bits per heavy atom. The Bertz CT molecular complexity index is 661. The van der Waals surface area contributed by atoms with E-state index in [-0.39, 0.29) is 0 Å². The molecular weight excluding hydrogens is 248 g/mol. The van der Waals surface area contributed by atoms with Crippen LogP contribution in [0.15, 0.2) is 29.3 Å². The molecule has 19 heavy (non-hydrogen) atoms. The Morgan fingerprint density at radius 2 is 2.32 bits per heavy atom. The number of nitrogens with zero attached hydrogens (tertiary/aromatic N) is 7. The summed E-state index contributed by atoms with van der Waals surface area (Å²) in [6.07, 6.45) is 4.77. The monoisotopic (exact) mass is 258 g/mol. The molecule has 3 rings (SSSR count). The zero-order chi connectivity index (χ0) is 13.1. The average molecular weight is 258 g/mol. The van der Waals surface area contributed by atoms with Crippen molar-refractivity contribution in [3.8, 4) is 11.5 Å². The smallest absolute Gasteiger partial charge is 0.248 e. The molecule has 2 N–H and O–H groups in total. The minimum atomic E-state index is 0.338. The van der Waals surface area contributed by atoms with Crippen LogP contribution < -0.4 is 5.73 Å². The van der Waals surface area contributed by atoms with Gasteiger partial charge in [-0.25, -0.2) is 14.6 Å². The maximum absolute atomic E-state index is 5.46. The van der Waals surface area contributed by atoms with Crippen LogP contribution in [0.3, 0.4) is 0 Å². The molecule has 3 aromatic rings. The number of rotatable bonds is 4. The fraction of sp³-hybridized carbons (Fsp3) is 0.200. The van der Waals surface area contributed by atoms with E-state index >= 15 is 0 Å². The van der Waals surface area contributed by atoms with Crippen molar-refractivity contribution < 1.29 is 4.52 Å². The summed E-state index contributed by atoms with van der Waals surface area (Å²) in [5, 5.41) is 11.6. The second kappa shape index (κ2) is 4.90. The Kier molecular flexibility index (Phi) is 2.94. The first-order valence-electron chi connectivity index (χ1n) is 5.53. The fourth-order valence-electron chi connectivity index (χ4n) is 1.49.